The van der Waals surface area contributed by atoms with Gasteiger partial charge < -0.3 is 55.6 Å². The molecule has 9 N–H and O–H groups in total. The highest BCUT2D eigenvalue weighted by Gasteiger charge is 2.49. The van der Waals surface area contributed by atoms with Gasteiger partial charge in [0, 0.05) is 12.3 Å². The highest BCUT2D eigenvalue weighted by Crippen LogP contribution is 2.61. The minimum absolute atomic E-state index is 0.0264. The maximum atomic E-state index is 12.2. The number of aliphatic hydroxyl groups is 4. The van der Waals surface area contributed by atoms with Crippen LogP contribution in [0, 0.1) is 0 Å². The second-order valence-corrected chi connectivity index (χ2v) is 10.9. The number of carbonyl (C=O) groups is 1. The third-order valence-corrected chi connectivity index (χ3v) is 7.92. The molecular weight excluding hydrogens is 520 g/mol. The maximum absolute atomic E-state index is 12.2. The molecule has 3 aliphatic rings. The Morgan fingerprint density at radius 1 is 1.11 bits per heavy atom. The van der Waals surface area contributed by atoms with E-state index in [4.69, 9.17) is 15.2 Å². The van der Waals surface area contributed by atoms with E-state index in [1.165, 1.54) is 18.0 Å². The van der Waals surface area contributed by atoms with Crippen LogP contribution in [0.3, 0.4) is 0 Å². The van der Waals surface area contributed by atoms with Gasteiger partial charge in [-0.05, 0) is 6.92 Å². The third kappa shape index (κ3) is 6.54. The topological polar surface area (TPSA) is 260 Å². The average molecular weight is 547 g/mol. The molecule has 19 heteroatoms. The first-order chi connectivity index (χ1) is 16.1. The largest absolute Gasteiger partial charge is 0.483 e. The van der Waals surface area contributed by atoms with E-state index in [0.29, 0.717) is 0 Å². The van der Waals surface area contributed by atoms with Gasteiger partial charge in [0.1, 0.15) is 30.2 Å². The fourth-order valence-electron chi connectivity index (χ4n) is 3.45. The zero-order valence-corrected chi connectivity index (χ0v) is 19.9. The fourth-order valence-corrected chi connectivity index (χ4v) is 5.61. The van der Waals surface area contributed by atoms with Crippen LogP contribution >= 0.6 is 15.6 Å². The van der Waals surface area contributed by atoms with E-state index in [1.807, 2.05) is 0 Å². The molecule has 0 saturated carbocycles. The number of carbonyl (C=O) groups excluding carboxylic acids is 1. The van der Waals surface area contributed by atoms with Crippen LogP contribution in [0.2, 0.25) is 0 Å². The Kier molecular flexibility index (Phi) is 8.58. The highest BCUT2D eigenvalue weighted by atomic mass is 31.3. The van der Waals surface area contributed by atoms with Gasteiger partial charge in [-0.2, -0.15) is 4.31 Å². The molecule has 200 valence electrons. The zero-order valence-electron chi connectivity index (χ0n) is 18.1. The summed E-state index contributed by atoms with van der Waals surface area (Å²) in [6, 6.07) is -1.32. The van der Waals surface area contributed by atoms with Crippen LogP contribution in [0.25, 0.3) is 0 Å². The minimum atomic E-state index is -5.41. The van der Waals surface area contributed by atoms with Crippen LogP contribution in [0.1, 0.15) is 6.92 Å². The van der Waals surface area contributed by atoms with Crippen molar-refractivity contribution in [3.8, 4) is 0 Å². The molecule has 0 spiro atoms. The van der Waals surface area contributed by atoms with Crippen LogP contribution in [-0.4, -0.2) is 103 Å². The maximum Gasteiger partial charge on any atom is 0.483 e. The predicted molar refractivity (Wildman–Crippen MR) is 111 cm³/mol. The molecule has 11 atom stereocenters. The van der Waals surface area contributed by atoms with E-state index in [2.05, 4.69) is 25.3 Å². The number of nitrogens with one attached hydrogen (secondary N) is 1. The van der Waals surface area contributed by atoms with Crippen LogP contribution in [0.15, 0.2) is 24.7 Å². The summed E-state index contributed by atoms with van der Waals surface area (Å²) in [7, 11) is -10.8. The number of hydrogen-bond donors (Lipinski definition) is 8. The van der Waals surface area contributed by atoms with Crippen molar-refractivity contribution in [2.24, 2.45) is 5.73 Å². The van der Waals surface area contributed by atoms with Crippen molar-refractivity contribution >= 4 is 21.6 Å². The lowest BCUT2D eigenvalue weighted by molar-refractivity contribution is -0.240. The molecule has 0 radical (unpaired) electrons. The van der Waals surface area contributed by atoms with E-state index < -0.39 is 83.3 Å². The highest BCUT2D eigenvalue weighted by molar-refractivity contribution is 7.61. The number of nitrogens with zero attached hydrogens (tertiary/aromatic N) is 1. The first kappa shape index (κ1) is 28.3. The Balaban J connectivity index is 1.57. The quantitative estimate of drug-likeness (QED) is 0.140. The first-order valence-corrected chi connectivity index (χ1v) is 13.1. The molecule has 1 amide bonds. The van der Waals surface area contributed by atoms with Crippen molar-refractivity contribution in [1.29, 1.82) is 0 Å². The molecule has 3 aliphatic heterocycles. The molecule has 2 saturated heterocycles. The first-order valence-electron chi connectivity index (χ1n) is 10.1. The van der Waals surface area contributed by atoms with Crippen molar-refractivity contribution in [2.45, 2.75) is 62.1 Å². The number of rotatable bonds is 8. The molecule has 17 nitrogen and oxygen atoms in total. The zero-order chi connectivity index (χ0) is 26.3. The number of phosphoric acid groups is 2. The van der Waals surface area contributed by atoms with Crippen molar-refractivity contribution in [3.63, 3.8) is 0 Å². The molecule has 35 heavy (non-hydrogen) atoms. The SMILES string of the molecule is C=C1NC(=O)C=CN1[C@@H]1O[C@H](COP(=O)(O)OP(=O)(O)O[C@H]2OC(C)[C@@H](O)[C@H](N)C2O)C(O)[C@@H]1O. The molecule has 0 aliphatic carbocycles. The van der Waals surface area contributed by atoms with Gasteiger partial charge >= 0.3 is 15.6 Å². The molecule has 2 fully saturated rings. The van der Waals surface area contributed by atoms with Gasteiger partial charge in [-0.25, -0.2) is 9.13 Å². The van der Waals surface area contributed by atoms with Crippen molar-refractivity contribution < 1.29 is 67.0 Å². The van der Waals surface area contributed by atoms with Gasteiger partial charge in [0.15, 0.2) is 12.5 Å². The minimum Gasteiger partial charge on any atom is -0.389 e. The fraction of sp³-hybridized carbons (Fsp3) is 0.688. The summed E-state index contributed by atoms with van der Waals surface area (Å²) in [5, 5.41) is 42.5. The summed E-state index contributed by atoms with van der Waals surface area (Å²) in [6.07, 6.45) is -9.56. The monoisotopic (exact) mass is 547 g/mol. The van der Waals surface area contributed by atoms with Crippen LogP contribution in [0.4, 0.5) is 0 Å². The van der Waals surface area contributed by atoms with E-state index in [1.54, 1.807) is 0 Å². The summed E-state index contributed by atoms with van der Waals surface area (Å²) in [5.74, 6) is -0.453. The molecule has 3 heterocycles. The number of amides is 1. The van der Waals surface area contributed by atoms with Gasteiger partial charge in [0.25, 0.3) is 5.91 Å². The Labute approximate surface area is 198 Å². The van der Waals surface area contributed by atoms with Crippen molar-refractivity contribution in [1.82, 2.24) is 10.2 Å². The lowest BCUT2D eigenvalue weighted by Gasteiger charge is -2.39. The molecule has 0 aromatic heterocycles. The van der Waals surface area contributed by atoms with Gasteiger partial charge in [-0.15, -0.1) is 0 Å². The van der Waals surface area contributed by atoms with E-state index in [9.17, 15) is 44.1 Å². The van der Waals surface area contributed by atoms with Crippen LogP contribution < -0.4 is 11.1 Å². The Bertz CT molecular complexity index is 950. The van der Waals surface area contributed by atoms with E-state index >= 15 is 0 Å². The van der Waals surface area contributed by atoms with E-state index in [0.717, 1.165) is 6.08 Å². The Morgan fingerprint density at radius 3 is 2.40 bits per heavy atom. The van der Waals surface area contributed by atoms with Gasteiger partial charge in [-0.3, -0.25) is 13.8 Å². The van der Waals surface area contributed by atoms with Crippen molar-refractivity contribution in [3.05, 3.63) is 24.7 Å². The summed E-state index contributed by atoms with van der Waals surface area (Å²) >= 11 is 0. The summed E-state index contributed by atoms with van der Waals surface area (Å²) in [4.78, 5) is 32.2. The summed E-state index contributed by atoms with van der Waals surface area (Å²) < 4.78 is 48.2. The number of aliphatic hydroxyl groups excluding tert-OH is 4. The third-order valence-electron chi connectivity index (χ3n) is 5.32. The molecule has 0 bridgehead atoms. The van der Waals surface area contributed by atoms with Gasteiger partial charge in [0.2, 0.25) is 0 Å². The molecule has 0 aromatic carbocycles. The smallest absolute Gasteiger partial charge is 0.389 e. The van der Waals surface area contributed by atoms with Gasteiger partial charge in [-0.1, -0.05) is 6.58 Å². The average Bonchev–Trinajstić information content (AvgIpc) is 3.02. The number of nitrogens with two attached hydrogens (primary N) is 1. The predicted octanol–water partition coefficient (Wildman–Crippen LogP) is -3.11. The summed E-state index contributed by atoms with van der Waals surface area (Å²) in [5.41, 5.74) is 5.58. The lowest BCUT2D eigenvalue weighted by atomic mass is 9.98. The molecule has 5 unspecified atom stereocenters. The molecule has 0 aromatic rings. The second-order valence-electron chi connectivity index (χ2n) is 7.89. The second kappa shape index (κ2) is 10.6. The van der Waals surface area contributed by atoms with Crippen molar-refractivity contribution in [2.75, 3.05) is 6.61 Å². The standard InChI is InChI=1S/C16H27N3O14P2/c1-6-11(21)10(17)13(23)16(30-6)32-35(27,28)33-34(25,26)29-5-8-12(22)14(24)15(31-8)19-4-3-9(20)18-7(19)2/h3-4,6,8,10-16,21-24H,2,5,17H2,1H3,(H,18,20)(H,25,26)(H,27,28)/t6?,8-,10+,11-,12?,13?,14+,15-,16-/m1/s1. The summed E-state index contributed by atoms with van der Waals surface area (Å²) in [6.45, 7) is 4.03. The Morgan fingerprint density at radius 2 is 1.77 bits per heavy atom. The molecule has 3 rings (SSSR count). The van der Waals surface area contributed by atoms with Gasteiger partial charge in [0.05, 0.1) is 24.9 Å². The molecular formula is C16H27N3O14P2. The number of phosphoric ester groups is 2. The number of hydrogen-bond acceptors (Lipinski definition) is 14. The normalized spacial score (nSPS) is 41.4. The Hall–Kier alpha value is -1.27. The van der Waals surface area contributed by atoms with E-state index in [-0.39, 0.29) is 5.82 Å². The van der Waals surface area contributed by atoms with Crippen LogP contribution in [0.5, 0.6) is 0 Å². The number of ether oxygens (including phenoxy) is 2. The lowest BCUT2D eigenvalue weighted by Crippen LogP contribution is -2.60. The van der Waals surface area contributed by atoms with Crippen LogP contribution in [-0.2, 0) is 36.8 Å².